The molecular weight excluding hydrogens is 242 g/mol. The highest BCUT2D eigenvalue weighted by Gasteiger charge is 2.04. The number of nitrogens with one attached hydrogen (secondary N) is 1. The van der Waals surface area contributed by atoms with Crippen LogP contribution in [0.15, 0.2) is 24.5 Å². The van der Waals surface area contributed by atoms with E-state index < -0.39 is 0 Å². The quantitative estimate of drug-likeness (QED) is 0.776. The van der Waals surface area contributed by atoms with Gasteiger partial charge in [0.05, 0.1) is 12.6 Å². The first-order valence-corrected chi connectivity index (χ1v) is 6.45. The van der Waals surface area contributed by atoms with Crippen molar-refractivity contribution in [1.29, 1.82) is 0 Å². The number of rotatable bonds is 7. The largest absolute Gasteiger partial charge is 0.497 e. The van der Waals surface area contributed by atoms with Gasteiger partial charge in [0.25, 0.3) is 0 Å². The third-order valence-corrected chi connectivity index (χ3v) is 2.81. The Hall–Kier alpha value is -1.88. The number of methoxy groups -OCH3 is 1. The maximum absolute atomic E-state index is 5.30. The average molecular weight is 261 g/mol. The van der Waals surface area contributed by atoms with Crippen LogP contribution < -0.4 is 10.1 Å². The molecule has 1 heterocycles. The van der Waals surface area contributed by atoms with Crippen LogP contribution in [0.2, 0.25) is 0 Å². The summed E-state index contributed by atoms with van der Waals surface area (Å²) in [5.41, 5.74) is 0.877. The molecule has 0 radical (unpaired) electrons. The molecule has 0 saturated heterocycles. The second-order valence-electron chi connectivity index (χ2n) is 4.08. The Morgan fingerprint density at radius 3 is 2.95 bits per heavy atom. The van der Waals surface area contributed by atoms with Gasteiger partial charge in [-0.1, -0.05) is 0 Å². The highest BCUT2D eigenvalue weighted by molar-refractivity contribution is 5.89. The van der Waals surface area contributed by atoms with E-state index >= 15 is 0 Å². The lowest BCUT2D eigenvalue weighted by molar-refractivity contribution is 0.147. The summed E-state index contributed by atoms with van der Waals surface area (Å²) < 4.78 is 10.5. The van der Waals surface area contributed by atoms with Gasteiger partial charge >= 0.3 is 0 Å². The summed E-state index contributed by atoms with van der Waals surface area (Å²) in [6.45, 7) is 4.35. The van der Waals surface area contributed by atoms with Gasteiger partial charge in [-0.3, -0.25) is 0 Å². The Labute approximate surface area is 113 Å². The molecule has 1 aromatic heterocycles. The highest BCUT2D eigenvalue weighted by atomic mass is 16.5. The van der Waals surface area contributed by atoms with E-state index in [-0.39, 0.29) is 0 Å². The minimum Gasteiger partial charge on any atom is -0.497 e. The van der Waals surface area contributed by atoms with E-state index in [9.17, 15) is 0 Å². The van der Waals surface area contributed by atoms with Gasteiger partial charge in [-0.05, 0) is 25.5 Å². The molecule has 0 fully saturated rings. The molecule has 0 atom stereocenters. The average Bonchev–Trinajstić information content (AvgIpc) is 2.46. The van der Waals surface area contributed by atoms with Crippen LogP contribution in [0.1, 0.15) is 13.3 Å². The molecule has 0 aliphatic rings. The van der Waals surface area contributed by atoms with E-state index in [0.717, 1.165) is 48.6 Å². The summed E-state index contributed by atoms with van der Waals surface area (Å²) in [5.74, 6) is 1.65. The van der Waals surface area contributed by atoms with Crippen LogP contribution in [0.5, 0.6) is 5.75 Å². The predicted octanol–water partition coefficient (Wildman–Crippen LogP) is 2.48. The molecule has 0 spiro atoms. The predicted molar refractivity (Wildman–Crippen MR) is 75.7 cm³/mol. The summed E-state index contributed by atoms with van der Waals surface area (Å²) in [4.78, 5) is 8.53. The Bertz CT molecular complexity index is 531. The summed E-state index contributed by atoms with van der Waals surface area (Å²) in [7, 11) is 1.65. The molecule has 0 unspecified atom stereocenters. The first-order valence-electron chi connectivity index (χ1n) is 6.45. The molecule has 102 valence electrons. The maximum Gasteiger partial charge on any atom is 0.137 e. The lowest BCUT2D eigenvalue weighted by Crippen LogP contribution is -2.07. The first kappa shape index (κ1) is 13.5. The van der Waals surface area contributed by atoms with Gasteiger partial charge in [0, 0.05) is 31.2 Å². The molecule has 5 heteroatoms. The number of anilines is 1. The van der Waals surface area contributed by atoms with Gasteiger partial charge in [0.1, 0.15) is 17.9 Å². The summed E-state index contributed by atoms with van der Waals surface area (Å²) in [6.07, 6.45) is 2.52. The topological polar surface area (TPSA) is 56.3 Å². The van der Waals surface area contributed by atoms with E-state index in [1.165, 1.54) is 0 Å². The van der Waals surface area contributed by atoms with Crippen LogP contribution in [-0.2, 0) is 4.74 Å². The third-order valence-electron chi connectivity index (χ3n) is 2.81. The van der Waals surface area contributed by atoms with Crippen molar-refractivity contribution < 1.29 is 9.47 Å². The Morgan fingerprint density at radius 1 is 1.26 bits per heavy atom. The van der Waals surface area contributed by atoms with Crippen molar-refractivity contribution in [1.82, 2.24) is 9.97 Å². The van der Waals surface area contributed by atoms with Crippen LogP contribution in [0.25, 0.3) is 10.9 Å². The highest BCUT2D eigenvalue weighted by Crippen LogP contribution is 2.23. The van der Waals surface area contributed by atoms with Crippen LogP contribution in [0.3, 0.4) is 0 Å². The summed E-state index contributed by atoms with van der Waals surface area (Å²) in [5, 5.41) is 4.31. The first-order chi connectivity index (χ1) is 9.35. The standard InChI is InChI=1S/C14H19N3O2/c1-3-19-8-4-7-15-14-12-6-5-11(18-2)9-13(12)16-10-17-14/h5-6,9-10H,3-4,7-8H2,1-2H3,(H,15,16,17). The fourth-order valence-electron chi connectivity index (χ4n) is 1.83. The lowest BCUT2D eigenvalue weighted by atomic mass is 10.2. The number of hydrogen-bond donors (Lipinski definition) is 1. The van der Waals surface area contributed by atoms with Crippen molar-refractivity contribution in [2.24, 2.45) is 0 Å². The number of ether oxygens (including phenoxy) is 2. The molecule has 2 rings (SSSR count). The normalized spacial score (nSPS) is 10.6. The van der Waals surface area contributed by atoms with Crippen LogP contribution >= 0.6 is 0 Å². The number of benzene rings is 1. The molecule has 1 aromatic carbocycles. The lowest BCUT2D eigenvalue weighted by Gasteiger charge is -2.09. The van der Waals surface area contributed by atoms with E-state index in [1.54, 1.807) is 13.4 Å². The van der Waals surface area contributed by atoms with Gasteiger partial charge < -0.3 is 14.8 Å². The molecule has 1 N–H and O–H groups in total. The molecule has 5 nitrogen and oxygen atoms in total. The van der Waals surface area contributed by atoms with Gasteiger partial charge in [0.15, 0.2) is 0 Å². The zero-order valence-electron chi connectivity index (χ0n) is 11.3. The van der Waals surface area contributed by atoms with Gasteiger partial charge in [-0.2, -0.15) is 0 Å². The van der Waals surface area contributed by atoms with E-state index in [1.807, 2.05) is 25.1 Å². The van der Waals surface area contributed by atoms with Crippen molar-refractivity contribution in [2.45, 2.75) is 13.3 Å². The number of nitrogens with zero attached hydrogens (tertiary/aromatic N) is 2. The van der Waals surface area contributed by atoms with Crippen LogP contribution in [0, 0.1) is 0 Å². The van der Waals surface area contributed by atoms with Gasteiger partial charge in [-0.25, -0.2) is 9.97 Å². The summed E-state index contributed by atoms with van der Waals surface area (Å²) >= 11 is 0. The molecular formula is C14H19N3O2. The van der Waals surface area contributed by atoms with E-state index in [0.29, 0.717) is 0 Å². The Morgan fingerprint density at radius 2 is 2.16 bits per heavy atom. The van der Waals surface area contributed by atoms with Crippen molar-refractivity contribution in [3.63, 3.8) is 0 Å². The molecule has 19 heavy (non-hydrogen) atoms. The monoisotopic (exact) mass is 261 g/mol. The zero-order chi connectivity index (χ0) is 13.5. The second kappa shape index (κ2) is 6.89. The molecule has 2 aromatic rings. The fourth-order valence-corrected chi connectivity index (χ4v) is 1.83. The summed E-state index contributed by atoms with van der Waals surface area (Å²) in [6, 6.07) is 5.79. The SMILES string of the molecule is CCOCCCNc1ncnc2cc(OC)ccc12. The van der Waals surface area contributed by atoms with E-state index in [4.69, 9.17) is 9.47 Å². The Balaban J connectivity index is 2.06. The van der Waals surface area contributed by atoms with Gasteiger partial charge in [0.2, 0.25) is 0 Å². The minimum atomic E-state index is 0.760. The molecule has 0 saturated carbocycles. The molecule has 0 aliphatic carbocycles. The fraction of sp³-hybridized carbons (Fsp3) is 0.429. The Kier molecular flexibility index (Phi) is 4.92. The molecule has 0 amide bonds. The zero-order valence-corrected chi connectivity index (χ0v) is 11.3. The van der Waals surface area contributed by atoms with Gasteiger partial charge in [-0.15, -0.1) is 0 Å². The van der Waals surface area contributed by atoms with Crippen LogP contribution in [-0.4, -0.2) is 36.8 Å². The number of hydrogen-bond acceptors (Lipinski definition) is 5. The van der Waals surface area contributed by atoms with Crippen molar-refractivity contribution in [3.05, 3.63) is 24.5 Å². The van der Waals surface area contributed by atoms with Crippen molar-refractivity contribution >= 4 is 16.7 Å². The number of fused-ring (bicyclic) bond motifs is 1. The number of aromatic nitrogens is 2. The smallest absolute Gasteiger partial charge is 0.137 e. The molecule has 0 bridgehead atoms. The van der Waals surface area contributed by atoms with E-state index in [2.05, 4.69) is 15.3 Å². The third kappa shape index (κ3) is 3.54. The van der Waals surface area contributed by atoms with Crippen LogP contribution in [0.4, 0.5) is 5.82 Å². The van der Waals surface area contributed by atoms with Crippen molar-refractivity contribution in [2.75, 3.05) is 32.2 Å². The minimum absolute atomic E-state index is 0.760. The van der Waals surface area contributed by atoms with Crippen molar-refractivity contribution in [3.8, 4) is 5.75 Å². The molecule has 0 aliphatic heterocycles. The second-order valence-corrected chi connectivity index (χ2v) is 4.08. The maximum atomic E-state index is 5.30.